The van der Waals surface area contributed by atoms with E-state index in [0.717, 1.165) is 0 Å². The van der Waals surface area contributed by atoms with Crippen molar-refractivity contribution in [2.45, 2.75) is 6.42 Å². The van der Waals surface area contributed by atoms with Gasteiger partial charge in [-0.15, -0.1) is 12.4 Å². The minimum absolute atomic E-state index is 0. The number of carbonyl (C=O) groups is 2. The van der Waals surface area contributed by atoms with Crippen molar-refractivity contribution in [3.63, 3.8) is 0 Å². The molecule has 0 radical (unpaired) electrons. The maximum absolute atomic E-state index is 14.2. The van der Waals surface area contributed by atoms with Gasteiger partial charge >= 0.3 is 0 Å². The highest BCUT2D eigenvalue weighted by atomic mass is 35.5. The van der Waals surface area contributed by atoms with Crippen molar-refractivity contribution in [3.05, 3.63) is 54.1 Å². The number of hydrogen-bond acceptors (Lipinski definition) is 5. The standard InChI is InChI=1S/C22H22F2N4O2S.ClH/c1-26(2)10-11-27(22-25-20-17(24)4-3-5-18(20)31-22)21(30)14-12-19(29)28(13-14)16-8-6-15(23)7-9-16;/h3-9,14H,10-13H2,1-2H3;1H. The van der Waals surface area contributed by atoms with Crippen LogP contribution in [-0.2, 0) is 9.59 Å². The summed E-state index contributed by atoms with van der Waals surface area (Å²) in [7, 11) is 3.80. The minimum atomic E-state index is -0.559. The van der Waals surface area contributed by atoms with E-state index in [2.05, 4.69) is 4.98 Å². The molecule has 32 heavy (non-hydrogen) atoms. The number of anilines is 2. The van der Waals surface area contributed by atoms with Gasteiger partial charge in [0.05, 0.1) is 10.6 Å². The van der Waals surface area contributed by atoms with E-state index in [9.17, 15) is 18.4 Å². The van der Waals surface area contributed by atoms with Gasteiger partial charge in [-0.05, 0) is 50.5 Å². The molecule has 1 aliphatic heterocycles. The first kappa shape index (κ1) is 24.0. The molecule has 1 fully saturated rings. The molecule has 1 aromatic heterocycles. The molecule has 0 aliphatic carbocycles. The molecule has 10 heteroatoms. The second kappa shape index (κ2) is 9.89. The first-order valence-corrected chi connectivity index (χ1v) is 10.7. The van der Waals surface area contributed by atoms with Crippen LogP contribution in [0.2, 0.25) is 0 Å². The SMILES string of the molecule is CN(C)CCN(C(=O)C1CC(=O)N(c2ccc(F)cc2)C1)c1nc2c(F)cccc2s1.Cl. The molecular weight excluding hydrogens is 458 g/mol. The third-order valence-corrected chi connectivity index (χ3v) is 6.28. The summed E-state index contributed by atoms with van der Waals surface area (Å²) in [6, 6.07) is 10.4. The predicted molar refractivity (Wildman–Crippen MR) is 125 cm³/mol. The normalized spacial score (nSPS) is 16.0. The number of amides is 2. The average Bonchev–Trinajstić information content (AvgIpc) is 3.33. The fraction of sp³-hybridized carbons (Fsp3) is 0.318. The van der Waals surface area contributed by atoms with Gasteiger partial charge in [-0.25, -0.2) is 13.8 Å². The number of thiazole rings is 1. The lowest BCUT2D eigenvalue weighted by Gasteiger charge is -2.24. The summed E-state index contributed by atoms with van der Waals surface area (Å²) in [4.78, 5) is 35.4. The Kier molecular flexibility index (Phi) is 7.43. The zero-order valence-electron chi connectivity index (χ0n) is 17.6. The van der Waals surface area contributed by atoms with E-state index in [-0.39, 0.29) is 48.5 Å². The minimum Gasteiger partial charge on any atom is -0.312 e. The van der Waals surface area contributed by atoms with Crippen molar-refractivity contribution in [3.8, 4) is 0 Å². The Hall–Kier alpha value is -2.62. The Morgan fingerprint density at radius 2 is 1.88 bits per heavy atom. The second-order valence-corrected chi connectivity index (χ2v) is 8.77. The number of hydrogen-bond donors (Lipinski definition) is 0. The number of nitrogens with zero attached hydrogens (tertiary/aromatic N) is 4. The molecule has 2 amide bonds. The summed E-state index contributed by atoms with van der Waals surface area (Å²) in [6.07, 6.45) is 0.0634. The third kappa shape index (κ3) is 4.90. The summed E-state index contributed by atoms with van der Waals surface area (Å²) in [5.74, 6) is -1.79. The van der Waals surface area contributed by atoms with Gasteiger partial charge in [-0.3, -0.25) is 14.5 Å². The van der Waals surface area contributed by atoms with Gasteiger partial charge in [0.15, 0.2) is 5.13 Å². The summed E-state index contributed by atoms with van der Waals surface area (Å²) >= 11 is 1.25. The number of para-hydroxylation sites is 1. The largest absolute Gasteiger partial charge is 0.312 e. The maximum Gasteiger partial charge on any atom is 0.234 e. The number of rotatable bonds is 6. The Morgan fingerprint density at radius 3 is 2.53 bits per heavy atom. The van der Waals surface area contributed by atoms with Crippen molar-refractivity contribution in [2.75, 3.05) is 43.5 Å². The lowest BCUT2D eigenvalue weighted by atomic mass is 10.1. The fourth-order valence-corrected chi connectivity index (χ4v) is 4.59. The van der Waals surface area contributed by atoms with E-state index < -0.39 is 11.7 Å². The molecule has 1 saturated heterocycles. The molecule has 0 saturated carbocycles. The molecule has 170 valence electrons. The monoisotopic (exact) mass is 480 g/mol. The molecule has 2 heterocycles. The highest BCUT2D eigenvalue weighted by Crippen LogP contribution is 2.33. The van der Waals surface area contributed by atoms with Gasteiger partial charge in [-0.1, -0.05) is 17.4 Å². The van der Waals surface area contributed by atoms with Crippen molar-refractivity contribution < 1.29 is 18.4 Å². The van der Waals surface area contributed by atoms with Crippen LogP contribution in [0.4, 0.5) is 19.6 Å². The number of carbonyl (C=O) groups excluding carboxylic acids is 2. The van der Waals surface area contributed by atoms with Crippen molar-refractivity contribution in [1.29, 1.82) is 0 Å². The van der Waals surface area contributed by atoms with E-state index in [1.54, 1.807) is 17.0 Å². The molecule has 1 unspecified atom stereocenters. The van der Waals surface area contributed by atoms with Crippen LogP contribution in [0, 0.1) is 17.6 Å². The summed E-state index contributed by atoms with van der Waals surface area (Å²) < 4.78 is 28.0. The number of fused-ring (bicyclic) bond motifs is 1. The summed E-state index contributed by atoms with van der Waals surface area (Å²) in [6.45, 7) is 1.17. The first-order valence-electron chi connectivity index (χ1n) is 9.90. The van der Waals surface area contributed by atoms with Crippen LogP contribution >= 0.6 is 23.7 Å². The van der Waals surface area contributed by atoms with Crippen LogP contribution in [0.1, 0.15) is 6.42 Å². The van der Waals surface area contributed by atoms with Crippen molar-refractivity contribution >= 4 is 56.6 Å². The topological polar surface area (TPSA) is 56.8 Å². The number of benzene rings is 2. The van der Waals surface area contributed by atoms with Gasteiger partial charge in [-0.2, -0.15) is 0 Å². The van der Waals surface area contributed by atoms with Crippen LogP contribution in [0.25, 0.3) is 10.2 Å². The Labute approximate surface area is 194 Å². The maximum atomic E-state index is 14.2. The van der Waals surface area contributed by atoms with Crippen molar-refractivity contribution in [1.82, 2.24) is 9.88 Å². The van der Waals surface area contributed by atoms with E-state index in [1.165, 1.54) is 46.6 Å². The van der Waals surface area contributed by atoms with E-state index in [4.69, 9.17) is 0 Å². The van der Waals surface area contributed by atoms with Gasteiger partial charge in [0.25, 0.3) is 0 Å². The molecule has 1 aliphatic rings. The van der Waals surface area contributed by atoms with Crippen LogP contribution in [0.15, 0.2) is 42.5 Å². The molecule has 1 atom stereocenters. The van der Waals surface area contributed by atoms with E-state index >= 15 is 0 Å². The second-order valence-electron chi connectivity index (χ2n) is 7.76. The third-order valence-electron chi connectivity index (χ3n) is 5.24. The number of halogens is 3. The summed E-state index contributed by atoms with van der Waals surface area (Å²) in [5, 5.41) is 0.416. The highest BCUT2D eigenvalue weighted by molar-refractivity contribution is 7.22. The van der Waals surface area contributed by atoms with Gasteiger partial charge in [0.2, 0.25) is 11.8 Å². The molecule has 2 aromatic carbocycles. The van der Waals surface area contributed by atoms with Crippen LogP contribution in [0.5, 0.6) is 0 Å². The zero-order chi connectivity index (χ0) is 22.1. The Balaban J connectivity index is 0.00000289. The smallest absolute Gasteiger partial charge is 0.234 e. The zero-order valence-corrected chi connectivity index (χ0v) is 19.3. The number of aromatic nitrogens is 1. The number of likely N-dealkylation sites (N-methyl/N-ethyl adjacent to an activating group) is 1. The Morgan fingerprint density at radius 1 is 1.16 bits per heavy atom. The molecule has 4 rings (SSSR count). The van der Waals surface area contributed by atoms with Crippen LogP contribution < -0.4 is 9.80 Å². The first-order chi connectivity index (χ1) is 14.8. The molecule has 0 bridgehead atoms. The molecule has 6 nitrogen and oxygen atoms in total. The molecule has 0 spiro atoms. The van der Waals surface area contributed by atoms with Gasteiger partial charge < -0.3 is 9.80 Å². The van der Waals surface area contributed by atoms with E-state index in [1.807, 2.05) is 19.0 Å². The van der Waals surface area contributed by atoms with Gasteiger partial charge in [0, 0.05) is 31.7 Å². The Bertz CT molecular complexity index is 1120. The fourth-order valence-electron chi connectivity index (χ4n) is 3.58. The molecule has 0 N–H and O–H groups in total. The van der Waals surface area contributed by atoms with Crippen LogP contribution in [0.3, 0.4) is 0 Å². The van der Waals surface area contributed by atoms with E-state index in [0.29, 0.717) is 28.6 Å². The lowest BCUT2D eigenvalue weighted by molar-refractivity contribution is -0.124. The van der Waals surface area contributed by atoms with Crippen LogP contribution in [-0.4, -0.2) is 55.4 Å². The summed E-state index contributed by atoms with van der Waals surface area (Å²) in [5.41, 5.74) is 0.796. The predicted octanol–water partition coefficient (Wildman–Crippen LogP) is 3.94. The molecule has 3 aromatic rings. The van der Waals surface area contributed by atoms with Gasteiger partial charge in [0.1, 0.15) is 17.2 Å². The quantitative estimate of drug-likeness (QED) is 0.536. The van der Waals surface area contributed by atoms with Crippen molar-refractivity contribution in [2.24, 2.45) is 5.92 Å². The average molecular weight is 481 g/mol. The molecular formula is C22H23ClF2N4O2S. The highest BCUT2D eigenvalue weighted by Gasteiger charge is 2.38. The lowest BCUT2D eigenvalue weighted by Crippen LogP contribution is -2.41.